The molecule has 3 N–H and O–H groups in total. The number of hydrogen-bond acceptors (Lipinski definition) is 4. The Morgan fingerprint density at radius 3 is 3.00 bits per heavy atom. The molecule has 1 aromatic rings. The zero-order valence-electron chi connectivity index (χ0n) is 12.7. The minimum Gasteiger partial charge on any atom is -0.491 e. The molecule has 1 saturated heterocycles. The first-order valence-corrected chi connectivity index (χ1v) is 7.67. The van der Waals surface area contributed by atoms with Crippen LogP contribution in [0.5, 0.6) is 5.75 Å². The van der Waals surface area contributed by atoms with Crippen molar-refractivity contribution in [2.75, 3.05) is 37.8 Å². The van der Waals surface area contributed by atoms with Gasteiger partial charge in [-0.1, -0.05) is 13.3 Å². The highest BCUT2D eigenvalue weighted by Crippen LogP contribution is 2.26. The van der Waals surface area contributed by atoms with Crippen molar-refractivity contribution in [1.82, 2.24) is 4.90 Å². The predicted molar refractivity (Wildman–Crippen MR) is 85.4 cm³/mol. The maximum absolute atomic E-state index is 5.93. The Morgan fingerprint density at radius 1 is 1.40 bits per heavy atom. The summed E-state index contributed by atoms with van der Waals surface area (Å²) in [6.45, 7) is 4.99. The summed E-state index contributed by atoms with van der Waals surface area (Å²) in [6, 6.07) is 6.57. The van der Waals surface area contributed by atoms with E-state index in [0.29, 0.717) is 18.3 Å². The van der Waals surface area contributed by atoms with Crippen LogP contribution in [0.25, 0.3) is 0 Å². The van der Waals surface area contributed by atoms with Gasteiger partial charge in [-0.3, -0.25) is 0 Å². The lowest BCUT2D eigenvalue weighted by Gasteiger charge is -2.32. The lowest BCUT2D eigenvalue weighted by atomic mass is 10.0. The summed E-state index contributed by atoms with van der Waals surface area (Å²) >= 11 is 0. The minimum atomic E-state index is 0.626. The molecule has 0 radical (unpaired) electrons. The quantitative estimate of drug-likeness (QED) is 0.785. The van der Waals surface area contributed by atoms with Crippen molar-refractivity contribution >= 4 is 11.4 Å². The van der Waals surface area contributed by atoms with Crippen molar-refractivity contribution in [3.63, 3.8) is 0 Å². The van der Waals surface area contributed by atoms with Crippen molar-refractivity contribution < 1.29 is 4.74 Å². The largest absolute Gasteiger partial charge is 0.491 e. The molecule has 1 unspecified atom stereocenters. The Balaban J connectivity index is 1.91. The van der Waals surface area contributed by atoms with Gasteiger partial charge in [0.05, 0.1) is 12.3 Å². The van der Waals surface area contributed by atoms with Crippen LogP contribution < -0.4 is 15.8 Å². The molecule has 2 rings (SSSR count). The molecule has 20 heavy (non-hydrogen) atoms. The van der Waals surface area contributed by atoms with Gasteiger partial charge in [-0.25, -0.2) is 0 Å². The number of ether oxygens (including phenoxy) is 1. The summed E-state index contributed by atoms with van der Waals surface area (Å²) in [4.78, 5) is 2.45. The molecule has 0 bridgehead atoms. The topological polar surface area (TPSA) is 50.5 Å². The summed E-state index contributed by atoms with van der Waals surface area (Å²) in [6.07, 6.45) is 4.93. The summed E-state index contributed by atoms with van der Waals surface area (Å²) in [5.74, 6) is 0.786. The zero-order valence-corrected chi connectivity index (χ0v) is 12.7. The molecule has 0 aromatic heterocycles. The molecule has 0 amide bonds. The third-order valence-corrected chi connectivity index (χ3v) is 3.94. The Labute approximate surface area is 122 Å². The third-order valence-electron chi connectivity index (χ3n) is 3.94. The fourth-order valence-electron chi connectivity index (χ4n) is 2.62. The minimum absolute atomic E-state index is 0.626. The fraction of sp³-hybridized carbons (Fsp3) is 0.625. The first-order valence-electron chi connectivity index (χ1n) is 7.67. The Hall–Kier alpha value is -1.42. The predicted octanol–water partition coefficient (Wildman–Crippen LogP) is 2.95. The second-order valence-corrected chi connectivity index (χ2v) is 5.61. The van der Waals surface area contributed by atoms with Crippen LogP contribution in [0.3, 0.4) is 0 Å². The van der Waals surface area contributed by atoms with E-state index in [9.17, 15) is 0 Å². The highest BCUT2D eigenvalue weighted by molar-refractivity contribution is 5.61. The average Bonchev–Trinajstić information content (AvgIpc) is 2.46. The van der Waals surface area contributed by atoms with Crippen LogP contribution >= 0.6 is 0 Å². The number of hydrogen-bond donors (Lipinski definition) is 2. The molecule has 0 spiro atoms. The van der Waals surface area contributed by atoms with E-state index in [1.54, 1.807) is 0 Å². The molecule has 1 aliphatic heterocycles. The molecule has 0 aliphatic carbocycles. The van der Waals surface area contributed by atoms with E-state index in [0.717, 1.165) is 24.4 Å². The number of nitrogens with one attached hydrogen (secondary N) is 1. The molecule has 0 saturated carbocycles. The highest BCUT2D eigenvalue weighted by Gasteiger charge is 2.18. The van der Waals surface area contributed by atoms with Crippen LogP contribution in [0.1, 0.15) is 32.6 Å². The van der Waals surface area contributed by atoms with Crippen molar-refractivity contribution in [2.45, 2.75) is 38.6 Å². The SMILES string of the molecule is CCCOc1cc(NCC2CCCCN2C)ccc1N. The van der Waals surface area contributed by atoms with Crippen LogP contribution in [-0.2, 0) is 0 Å². The first kappa shape index (κ1) is 15.0. The van der Waals surface area contributed by atoms with Gasteiger partial charge < -0.3 is 20.7 Å². The summed E-state index contributed by atoms with van der Waals surface area (Å²) in [7, 11) is 2.21. The third kappa shape index (κ3) is 4.04. The molecule has 4 nitrogen and oxygen atoms in total. The molecule has 112 valence electrons. The zero-order chi connectivity index (χ0) is 14.4. The number of likely N-dealkylation sites (N-methyl/N-ethyl adjacent to an activating group) is 1. The van der Waals surface area contributed by atoms with Crippen LogP contribution in [-0.4, -0.2) is 37.7 Å². The molecule has 4 heteroatoms. The maximum Gasteiger partial charge on any atom is 0.144 e. The van der Waals surface area contributed by atoms with E-state index in [2.05, 4.69) is 24.2 Å². The van der Waals surface area contributed by atoms with E-state index >= 15 is 0 Å². The molecular formula is C16H27N3O. The van der Waals surface area contributed by atoms with E-state index in [4.69, 9.17) is 10.5 Å². The van der Waals surface area contributed by atoms with Crippen molar-refractivity contribution in [1.29, 1.82) is 0 Å². The van der Waals surface area contributed by atoms with Gasteiger partial charge in [0.1, 0.15) is 5.75 Å². The number of nitrogens with zero attached hydrogens (tertiary/aromatic N) is 1. The Bertz CT molecular complexity index is 422. The standard InChI is InChI=1S/C16H27N3O/c1-3-10-20-16-11-13(7-8-15(16)17)18-12-14-6-4-5-9-19(14)2/h7-8,11,14,18H,3-6,9-10,12,17H2,1-2H3. The molecule has 1 aliphatic rings. The average molecular weight is 277 g/mol. The Kier molecular flexibility index (Phi) is 5.53. The number of piperidine rings is 1. The highest BCUT2D eigenvalue weighted by atomic mass is 16.5. The summed E-state index contributed by atoms with van der Waals surface area (Å²) < 4.78 is 5.66. The van der Waals surface area contributed by atoms with E-state index in [-0.39, 0.29) is 0 Å². The van der Waals surface area contributed by atoms with Gasteiger partial charge >= 0.3 is 0 Å². The normalized spacial score (nSPS) is 19.8. The lowest BCUT2D eigenvalue weighted by molar-refractivity contribution is 0.194. The summed E-state index contributed by atoms with van der Waals surface area (Å²) in [5, 5.41) is 3.51. The number of benzene rings is 1. The number of nitrogens with two attached hydrogens (primary N) is 1. The van der Waals surface area contributed by atoms with Gasteiger partial charge in [-0.05, 0) is 45.0 Å². The number of anilines is 2. The summed E-state index contributed by atoms with van der Waals surface area (Å²) in [5.41, 5.74) is 7.72. The second kappa shape index (κ2) is 7.39. The van der Waals surface area contributed by atoms with Crippen molar-refractivity contribution in [2.24, 2.45) is 0 Å². The molecule has 1 atom stereocenters. The molecule has 1 fully saturated rings. The van der Waals surface area contributed by atoms with Gasteiger partial charge in [-0.15, -0.1) is 0 Å². The number of nitrogen functional groups attached to an aromatic ring is 1. The van der Waals surface area contributed by atoms with E-state index in [1.165, 1.54) is 25.8 Å². The van der Waals surface area contributed by atoms with Crippen LogP contribution in [0.4, 0.5) is 11.4 Å². The van der Waals surface area contributed by atoms with Gasteiger partial charge in [0.2, 0.25) is 0 Å². The number of likely N-dealkylation sites (tertiary alicyclic amines) is 1. The van der Waals surface area contributed by atoms with Gasteiger partial charge in [0.25, 0.3) is 0 Å². The van der Waals surface area contributed by atoms with Crippen LogP contribution in [0.15, 0.2) is 18.2 Å². The van der Waals surface area contributed by atoms with Crippen LogP contribution in [0.2, 0.25) is 0 Å². The fourth-order valence-corrected chi connectivity index (χ4v) is 2.62. The van der Waals surface area contributed by atoms with Gasteiger partial charge in [0.15, 0.2) is 0 Å². The molecule has 1 heterocycles. The first-order chi connectivity index (χ1) is 9.70. The van der Waals surface area contributed by atoms with Crippen molar-refractivity contribution in [3.05, 3.63) is 18.2 Å². The monoisotopic (exact) mass is 277 g/mol. The lowest BCUT2D eigenvalue weighted by Crippen LogP contribution is -2.40. The van der Waals surface area contributed by atoms with E-state index in [1.807, 2.05) is 18.2 Å². The maximum atomic E-state index is 5.93. The molecular weight excluding hydrogens is 250 g/mol. The molecule has 1 aromatic carbocycles. The second-order valence-electron chi connectivity index (χ2n) is 5.61. The smallest absolute Gasteiger partial charge is 0.144 e. The van der Waals surface area contributed by atoms with E-state index < -0.39 is 0 Å². The van der Waals surface area contributed by atoms with Crippen LogP contribution in [0, 0.1) is 0 Å². The Morgan fingerprint density at radius 2 is 2.25 bits per heavy atom. The van der Waals surface area contributed by atoms with Gasteiger partial charge in [0, 0.05) is 24.3 Å². The van der Waals surface area contributed by atoms with Crippen molar-refractivity contribution in [3.8, 4) is 5.75 Å². The number of rotatable bonds is 6. The van der Waals surface area contributed by atoms with Gasteiger partial charge in [-0.2, -0.15) is 0 Å².